The Bertz CT molecular complexity index is 1450. The third-order valence-corrected chi connectivity index (χ3v) is 7.77. The van der Waals surface area contributed by atoms with E-state index in [2.05, 4.69) is 29.4 Å². The fourth-order valence-electron chi connectivity index (χ4n) is 5.93. The van der Waals surface area contributed by atoms with Crippen LogP contribution in [0, 0.1) is 0 Å². The second kappa shape index (κ2) is 12.5. The summed E-state index contributed by atoms with van der Waals surface area (Å²) in [6, 6.07) is 16.0. The molecule has 0 radical (unpaired) electrons. The number of carbonyl (C=O) groups is 3. The second-order valence-electron chi connectivity index (χ2n) is 12.1. The van der Waals surface area contributed by atoms with Crippen LogP contribution in [-0.4, -0.2) is 75.7 Å². The van der Waals surface area contributed by atoms with E-state index in [0.717, 1.165) is 22.3 Å². The molecule has 0 N–H and O–H groups in total. The highest BCUT2D eigenvalue weighted by molar-refractivity contribution is 5.89. The number of hydrogen-bond donors (Lipinski definition) is 0. The Hall–Kier alpha value is -4.34. The van der Waals surface area contributed by atoms with Crippen molar-refractivity contribution in [3.63, 3.8) is 0 Å². The Kier molecular flexibility index (Phi) is 8.75. The second-order valence-corrected chi connectivity index (χ2v) is 12.1. The van der Waals surface area contributed by atoms with Gasteiger partial charge in [0.1, 0.15) is 12.2 Å². The zero-order valence-electron chi connectivity index (χ0n) is 25.5. The highest BCUT2D eigenvalue weighted by Gasteiger charge is 2.36. The fraction of sp³-hybridized carbons (Fsp3) is 0.455. The highest BCUT2D eigenvalue weighted by Crippen LogP contribution is 2.44. The van der Waals surface area contributed by atoms with Crippen LogP contribution in [0.1, 0.15) is 73.6 Å². The van der Waals surface area contributed by atoms with Crippen LogP contribution in [0.4, 0.5) is 9.59 Å². The van der Waals surface area contributed by atoms with Crippen molar-refractivity contribution >= 4 is 18.2 Å². The summed E-state index contributed by atoms with van der Waals surface area (Å²) >= 11 is 0. The summed E-state index contributed by atoms with van der Waals surface area (Å²) in [6.45, 7) is 8.47. The van der Waals surface area contributed by atoms with Gasteiger partial charge >= 0.3 is 18.2 Å². The molecule has 2 aromatic carbocycles. The van der Waals surface area contributed by atoms with E-state index in [1.54, 1.807) is 30.0 Å². The summed E-state index contributed by atoms with van der Waals surface area (Å²) in [5.41, 5.74) is 4.59. The molecule has 5 rings (SSSR count). The predicted molar refractivity (Wildman–Crippen MR) is 161 cm³/mol. The molecule has 1 atom stereocenters. The van der Waals surface area contributed by atoms with Gasteiger partial charge in [-0.3, -0.25) is 9.58 Å². The maximum absolute atomic E-state index is 14.0. The molecule has 2 heterocycles. The third kappa shape index (κ3) is 6.68. The van der Waals surface area contributed by atoms with E-state index >= 15 is 0 Å². The normalized spacial score (nSPS) is 16.3. The number of aryl methyl sites for hydroxylation is 1. The largest absolute Gasteiger partial charge is 0.461 e. The smallest absolute Gasteiger partial charge is 0.410 e. The van der Waals surface area contributed by atoms with Gasteiger partial charge in [0.2, 0.25) is 0 Å². The molecule has 3 aromatic rings. The van der Waals surface area contributed by atoms with Gasteiger partial charge in [-0.2, -0.15) is 5.10 Å². The van der Waals surface area contributed by atoms with Gasteiger partial charge in [0.15, 0.2) is 5.69 Å². The number of rotatable bonds is 7. The first-order chi connectivity index (χ1) is 20.6. The summed E-state index contributed by atoms with van der Waals surface area (Å²) < 4.78 is 18.5. The quantitative estimate of drug-likeness (QED) is 0.256. The van der Waals surface area contributed by atoms with Gasteiger partial charge in [-0.1, -0.05) is 48.5 Å². The molecule has 2 aliphatic rings. The molecular formula is C33H40N4O6. The fourth-order valence-corrected chi connectivity index (χ4v) is 5.93. The Balaban J connectivity index is 1.40. The van der Waals surface area contributed by atoms with Crippen molar-refractivity contribution in [2.45, 2.75) is 64.6 Å². The lowest BCUT2D eigenvalue weighted by molar-refractivity contribution is 0.00796. The minimum atomic E-state index is -0.638. The Morgan fingerprint density at radius 2 is 1.65 bits per heavy atom. The molecule has 2 amide bonds. The molecule has 1 saturated heterocycles. The molecule has 43 heavy (non-hydrogen) atoms. The molecule has 1 aliphatic carbocycles. The van der Waals surface area contributed by atoms with E-state index in [-0.39, 0.29) is 44.0 Å². The molecule has 10 nitrogen and oxygen atoms in total. The van der Waals surface area contributed by atoms with Crippen LogP contribution < -0.4 is 0 Å². The third-order valence-electron chi connectivity index (χ3n) is 7.77. The van der Waals surface area contributed by atoms with E-state index in [1.165, 1.54) is 4.68 Å². The topological polar surface area (TPSA) is 103 Å². The van der Waals surface area contributed by atoms with Gasteiger partial charge in [0.25, 0.3) is 0 Å². The number of hydrogen-bond acceptors (Lipinski definition) is 7. The summed E-state index contributed by atoms with van der Waals surface area (Å²) in [6.07, 6.45) is 2.13. The Labute approximate surface area is 252 Å². The first-order valence-corrected chi connectivity index (χ1v) is 14.8. The number of benzene rings is 2. The average Bonchev–Trinajstić information content (AvgIpc) is 3.51. The predicted octanol–water partition coefficient (Wildman–Crippen LogP) is 5.75. The van der Waals surface area contributed by atoms with Crippen LogP contribution in [0.2, 0.25) is 0 Å². The van der Waals surface area contributed by atoms with Crippen LogP contribution in [-0.2, 0) is 27.8 Å². The number of piperidine rings is 1. The first kappa shape index (κ1) is 30.1. The minimum absolute atomic E-state index is 0.0749. The molecule has 10 heteroatoms. The summed E-state index contributed by atoms with van der Waals surface area (Å²) in [7, 11) is 1.72. The van der Waals surface area contributed by atoms with Gasteiger partial charge in [-0.15, -0.1) is 0 Å². The maximum atomic E-state index is 14.0. The van der Waals surface area contributed by atoms with Crippen molar-refractivity contribution in [2.75, 3.05) is 26.3 Å². The number of ether oxygens (including phenoxy) is 3. The lowest BCUT2D eigenvalue weighted by Crippen LogP contribution is -2.52. The highest BCUT2D eigenvalue weighted by atomic mass is 16.6. The summed E-state index contributed by atoms with van der Waals surface area (Å²) in [4.78, 5) is 42.9. The molecule has 228 valence electrons. The maximum Gasteiger partial charge on any atom is 0.410 e. The zero-order chi connectivity index (χ0) is 30.7. The number of carbonyl (C=O) groups excluding carboxylic acids is 3. The van der Waals surface area contributed by atoms with Crippen molar-refractivity contribution in [3.8, 4) is 11.1 Å². The van der Waals surface area contributed by atoms with Gasteiger partial charge in [0, 0.05) is 37.8 Å². The lowest BCUT2D eigenvalue weighted by atomic mass is 9.98. The Morgan fingerprint density at radius 1 is 1.00 bits per heavy atom. The average molecular weight is 589 g/mol. The number of aromatic nitrogens is 2. The van der Waals surface area contributed by atoms with E-state index < -0.39 is 23.8 Å². The number of esters is 1. The Morgan fingerprint density at radius 3 is 2.28 bits per heavy atom. The van der Waals surface area contributed by atoms with Gasteiger partial charge in [-0.25, -0.2) is 14.4 Å². The summed E-state index contributed by atoms with van der Waals surface area (Å²) in [5, 5.41) is 4.31. The number of likely N-dealkylation sites (tertiary alicyclic amines) is 1. The zero-order valence-corrected chi connectivity index (χ0v) is 25.5. The van der Waals surface area contributed by atoms with Crippen molar-refractivity contribution < 1.29 is 28.6 Å². The molecule has 1 fully saturated rings. The van der Waals surface area contributed by atoms with E-state index in [0.29, 0.717) is 24.9 Å². The number of fused-ring (bicyclic) bond motifs is 3. The van der Waals surface area contributed by atoms with Crippen molar-refractivity contribution in [2.24, 2.45) is 7.05 Å². The molecule has 1 unspecified atom stereocenters. The standard InChI is InChI=1S/C33H40N4O6/c1-6-41-30(38)29-22(18-35(5)34-29)19-37(23-12-11-17-36(20-23)31(39)43-33(2,3)4)32(40)42-21-28-26-15-9-7-13-24(26)25-14-8-10-16-27(25)28/h7-10,13-16,18,23,28H,6,11-12,17,19-21H2,1-5H3. The molecule has 1 aliphatic heterocycles. The van der Waals surface area contributed by atoms with Gasteiger partial charge in [-0.05, 0) is 62.8 Å². The molecule has 0 saturated carbocycles. The minimum Gasteiger partial charge on any atom is -0.461 e. The SMILES string of the molecule is CCOC(=O)c1nn(C)cc1CN(C(=O)OCC1c2ccccc2-c2ccccc21)C1CCCN(C(=O)OC(C)(C)C)C1. The van der Waals surface area contributed by atoms with E-state index in [4.69, 9.17) is 14.2 Å². The molecular weight excluding hydrogens is 548 g/mol. The number of nitrogens with zero attached hydrogens (tertiary/aromatic N) is 4. The van der Waals surface area contributed by atoms with Crippen molar-refractivity contribution in [1.82, 2.24) is 19.6 Å². The van der Waals surface area contributed by atoms with Gasteiger partial charge < -0.3 is 19.1 Å². The van der Waals surface area contributed by atoms with E-state index in [1.807, 2.05) is 45.0 Å². The van der Waals surface area contributed by atoms with Crippen molar-refractivity contribution in [3.05, 3.63) is 77.1 Å². The molecule has 0 spiro atoms. The first-order valence-electron chi connectivity index (χ1n) is 14.8. The lowest BCUT2D eigenvalue weighted by Gasteiger charge is -2.39. The van der Waals surface area contributed by atoms with Crippen LogP contribution in [0.5, 0.6) is 0 Å². The molecule has 1 aromatic heterocycles. The van der Waals surface area contributed by atoms with Crippen LogP contribution in [0.15, 0.2) is 54.7 Å². The molecule has 0 bridgehead atoms. The van der Waals surface area contributed by atoms with Crippen LogP contribution in [0.25, 0.3) is 11.1 Å². The van der Waals surface area contributed by atoms with Crippen LogP contribution in [0.3, 0.4) is 0 Å². The van der Waals surface area contributed by atoms with Gasteiger partial charge in [0.05, 0.1) is 19.2 Å². The monoisotopic (exact) mass is 588 g/mol. The summed E-state index contributed by atoms with van der Waals surface area (Å²) in [5.74, 6) is -0.652. The van der Waals surface area contributed by atoms with Crippen molar-refractivity contribution in [1.29, 1.82) is 0 Å². The number of amides is 2. The van der Waals surface area contributed by atoms with E-state index in [9.17, 15) is 14.4 Å². The van der Waals surface area contributed by atoms with Crippen LogP contribution >= 0.6 is 0 Å².